The highest BCUT2D eigenvalue weighted by molar-refractivity contribution is 4.67. The van der Waals surface area contributed by atoms with E-state index in [-0.39, 0.29) is 11.5 Å². The molecule has 0 aromatic heterocycles. The van der Waals surface area contributed by atoms with Gasteiger partial charge in [-0.05, 0) is 11.8 Å². The van der Waals surface area contributed by atoms with Crippen molar-refractivity contribution in [3.63, 3.8) is 0 Å². The molecule has 0 aliphatic carbocycles. The zero-order valence-electron chi connectivity index (χ0n) is 12.1. The largest absolute Gasteiger partial charge is 0.389 e. The molecule has 0 amide bonds. The summed E-state index contributed by atoms with van der Waals surface area (Å²) in [7, 11) is 0. The van der Waals surface area contributed by atoms with Crippen LogP contribution in [-0.2, 0) is 4.74 Å². The Morgan fingerprint density at radius 2 is 1.88 bits per heavy atom. The maximum absolute atomic E-state index is 9.66. The third kappa shape index (κ3) is 13.8. The van der Waals surface area contributed by atoms with Gasteiger partial charge in [0.25, 0.3) is 0 Å². The number of rotatable bonds is 10. The van der Waals surface area contributed by atoms with Crippen molar-refractivity contribution in [1.82, 2.24) is 5.32 Å². The third-order valence-electron chi connectivity index (χ3n) is 2.49. The molecule has 17 heavy (non-hydrogen) atoms. The van der Waals surface area contributed by atoms with Gasteiger partial charge in [-0.3, -0.25) is 0 Å². The molecule has 1 unspecified atom stereocenters. The lowest BCUT2D eigenvalue weighted by atomic mass is 9.97. The second-order valence-corrected chi connectivity index (χ2v) is 5.98. The molecule has 3 heteroatoms. The fourth-order valence-electron chi connectivity index (χ4n) is 1.52. The smallest absolute Gasteiger partial charge is 0.0897 e. The Labute approximate surface area is 107 Å². The first kappa shape index (κ1) is 16.9. The van der Waals surface area contributed by atoms with Crippen LogP contribution in [0, 0.1) is 5.41 Å². The Bertz CT molecular complexity index is 166. The van der Waals surface area contributed by atoms with Gasteiger partial charge in [0, 0.05) is 19.7 Å². The molecule has 0 radical (unpaired) electrons. The van der Waals surface area contributed by atoms with Crippen LogP contribution in [0.4, 0.5) is 0 Å². The topological polar surface area (TPSA) is 41.5 Å². The maximum atomic E-state index is 9.66. The van der Waals surface area contributed by atoms with Crippen molar-refractivity contribution in [3.8, 4) is 0 Å². The molecule has 1 atom stereocenters. The normalized spacial score (nSPS) is 13.9. The van der Waals surface area contributed by atoms with E-state index in [1.165, 1.54) is 19.3 Å². The molecule has 0 aliphatic heterocycles. The van der Waals surface area contributed by atoms with Gasteiger partial charge in [0.1, 0.15) is 0 Å². The van der Waals surface area contributed by atoms with E-state index in [1.54, 1.807) is 0 Å². The number of aliphatic hydroxyl groups excluding tert-OH is 1. The number of nitrogens with one attached hydrogen (secondary N) is 1. The second-order valence-electron chi connectivity index (χ2n) is 5.98. The van der Waals surface area contributed by atoms with Crippen molar-refractivity contribution in [1.29, 1.82) is 0 Å². The average Bonchev–Trinajstić information content (AvgIpc) is 2.21. The monoisotopic (exact) mass is 245 g/mol. The molecule has 2 N–H and O–H groups in total. The van der Waals surface area contributed by atoms with E-state index in [4.69, 9.17) is 4.74 Å². The SMILES string of the molecule is CCCCCCOCC(O)CNCC(C)(C)C. The molecule has 0 saturated carbocycles. The zero-order chi connectivity index (χ0) is 13.1. The minimum absolute atomic E-state index is 0.265. The molecule has 0 aromatic rings. The van der Waals surface area contributed by atoms with E-state index in [1.807, 2.05) is 0 Å². The number of unbranched alkanes of at least 4 members (excludes halogenated alkanes) is 3. The van der Waals surface area contributed by atoms with Crippen molar-refractivity contribution >= 4 is 0 Å². The van der Waals surface area contributed by atoms with Gasteiger partial charge in [0.15, 0.2) is 0 Å². The molecule has 3 nitrogen and oxygen atoms in total. The van der Waals surface area contributed by atoms with Gasteiger partial charge in [0.05, 0.1) is 12.7 Å². The maximum Gasteiger partial charge on any atom is 0.0897 e. The molecule has 0 aliphatic rings. The molecular weight excluding hydrogens is 214 g/mol. The average molecular weight is 245 g/mol. The van der Waals surface area contributed by atoms with Crippen LogP contribution in [0.1, 0.15) is 53.4 Å². The van der Waals surface area contributed by atoms with Crippen LogP contribution in [0.25, 0.3) is 0 Å². The van der Waals surface area contributed by atoms with Gasteiger partial charge in [-0.2, -0.15) is 0 Å². The second kappa shape index (κ2) is 9.86. The highest BCUT2D eigenvalue weighted by Crippen LogP contribution is 2.09. The Kier molecular flexibility index (Phi) is 9.79. The lowest BCUT2D eigenvalue weighted by Gasteiger charge is -2.20. The summed E-state index contributed by atoms with van der Waals surface area (Å²) < 4.78 is 5.43. The van der Waals surface area contributed by atoms with Crippen LogP contribution in [0.15, 0.2) is 0 Å². The van der Waals surface area contributed by atoms with E-state index >= 15 is 0 Å². The summed E-state index contributed by atoms with van der Waals surface area (Å²) in [6.07, 6.45) is 4.48. The molecule has 0 spiro atoms. The van der Waals surface area contributed by atoms with Crippen LogP contribution < -0.4 is 5.32 Å². The Balaban J connectivity index is 3.26. The van der Waals surface area contributed by atoms with Gasteiger partial charge in [-0.1, -0.05) is 47.0 Å². The van der Waals surface area contributed by atoms with E-state index in [0.29, 0.717) is 13.2 Å². The highest BCUT2D eigenvalue weighted by atomic mass is 16.5. The minimum atomic E-state index is -0.386. The van der Waals surface area contributed by atoms with Gasteiger partial charge >= 0.3 is 0 Å². The van der Waals surface area contributed by atoms with Gasteiger partial charge < -0.3 is 15.2 Å². The summed E-state index contributed by atoms with van der Waals surface area (Å²) in [5.41, 5.74) is 0.265. The summed E-state index contributed by atoms with van der Waals surface area (Å²) >= 11 is 0. The van der Waals surface area contributed by atoms with Crippen molar-refractivity contribution in [2.24, 2.45) is 5.41 Å². The molecule has 0 rings (SSSR count). The van der Waals surface area contributed by atoms with Crippen LogP contribution in [-0.4, -0.2) is 37.5 Å². The summed E-state index contributed by atoms with van der Waals surface area (Å²) in [5, 5.41) is 12.9. The number of aliphatic hydroxyl groups is 1. The fraction of sp³-hybridized carbons (Fsp3) is 1.00. The predicted octanol–water partition coefficient (Wildman–Crippen LogP) is 2.58. The lowest BCUT2D eigenvalue weighted by molar-refractivity contribution is 0.0346. The minimum Gasteiger partial charge on any atom is -0.389 e. The number of ether oxygens (including phenoxy) is 1. The predicted molar refractivity (Wildman–Crippen MR) is 73.3 cm³/mol. The van der Waals surface area contributed by atoms with Gasteiger partial charge in [-0.25, -0.2) is 0 Å². The molecule has 0 bridgehead atoms. The van der Waals surface area contributed by atoms with E-state index in [9.17, 15) is 5.11 Å². The first-order valence-corrected chi connectivity index (χ1v) is 6.92. The van der Waals surface area contributed by atoms with Crippen molar-refractivity contribution in [3.05, 3.63) is 0 Å². The third-order valence-corrected chi connectivity index (χ3v) is 2.49. The summed E-state index contributed by atoms with van der Waals surface area (Å²) in [5.74, 6) is 0. The van der Waals surface area contributed by atoms with Crippen LogP contribution in [0.5, 0.6) is 0 Å². The standard InChI is InChI=1S/C14H31NO2/c1-5-6-7-8-9-17-11-13(16)10-15-12-14(2,3)4/h13,15-16H,5-12H2,1-4H3. The van der Waals surface area contributed by atoms with Crippen molar-refractivity contribution in [2.45, 2.75) is 59.5 Å². The van der Waals surface area contributed by atoms with E-state index < -0.39 is 0 Å². The zero-order valence-corrected chi connectivity index (χ0v) is 12.1. The summed E-state index contributed by atoms with van der Waals surface area (Å²) in [4.78, 5) is 0. The number of hydrogen-bond donors (Lipinski definition) is 2. The van der Waals surface area contributed by atoms with Crippen molar-refractivity contribution < 1.29 is 9.84 Å². The summed E-state index contributed by atoms with van der Waals surface area (Å²) in [6.45, 7) is 11.5. The molecule has 0 aromatic carbocycles. The van der Waals surface area contributed by atoms with E-state index in [0.717, 1.165) is 19.6 Å². The van der Waals surface area contributed by atoms with Crippen molar-refractivity contribution in [2.75, 3.05) is 26.3 Å². The molecule has 0 fully saturated rings. The Morgan fingerprint density at radius 1 is 1.18 bits per heavy atom. The first-order valence-electron chi connectivity index (χ1n) is 6.92. The van der Waals surface area contributed by atoms with Gasteiger partial charge in [-0.15, -0.1) is 0 Å². The van der Waals surface area contributed by atoms with Crippen LogP contribution >= 0.6 is 0 Å². The van der Waals surface area contributed by atoms with E-state index in [2.05, 4.69) is 33.0 Å². The number of hydrogen-bond acceptors (Lipinski definition) is 3. The highest BCUT2D eigenvalue weighted by Gasteiger charge is 2.10. The fourth-order valence-corrected chi connectivity index (χ4v) is 1.52. The lowest BCUT2D eigenvalue weighted by Crippen LogP contribution is -2.35. The first-order chi connectivity index (χ1) is 7.95. The molecule has 104 valence electrons. The van der Waals surface area contributed by atoms with Crippen LogP contribution in [0.2, 0.25) is 0 Å². The quantitative estimate of drug-likeness (QED) is 0.581. The Morgan fingerprint density at radius 3 is 2.47 bits per heavy atom. The summed E-state index contributed by atoms with van der Waals surface area (Å²) in [6, 6.07) is 0. The Hall–Kier alpha value is -0.120. The molecule has 0 heterocycles. The van der Waals surface area contributed by atoms with Gasteiger partial charge in [0.2, 0.25) is 0 Å². The van der Waals surface area contributed by atoms with Crippen LogP contribution in [0.3, 0.4) is 0 Å². The molecular formula is C14H31NO2. The molecule has 0 saturated heterocycles.